The van der Waals surface area contributed by atoms with Crippen LogP contribution in [0.2, 0.25) is 0 Å². The Labute approximate surface area is 127 Å². The second-order valence-electron chi connectivity index (χ2n) is 6.20. The molecule has 0 amide bonds. The number of piperazine rings is 1. The van der Waals surface area contributed by atoms with E-state index >= 15 is 0 Å². The predicted octanol–water partition coefficient (Wildman–Crippen LogP) is 2.13. The highest BCUT2D eigenvalue weighted by molar-refractivity contribution is 5.55. The zero-order chi connectivity index (χ0) is 14.8. The average Bonchev–Trinajstić information content (AvgIpc) is 2.93. The van der Waals surface area contributed by atoms with Gasteiger partial charge < -0.3 is 15.4 Å². The normalized spacial score (nSPS) is 25.9. The summed E-state index contributed by atoms with van der Waals surface area (Å²) in [6.07, 6.45) is 3.59. The second-order valence-corrected chi connectivity index (χ2v) is 6.20. The predicted molar refractivity (Wildman–Crippen MR) is 85.8 cm³/mol. The zero-order valence-corrected chi connectivity index (χ0v) is 13.1. The molecule has 0 aromatic carbocycles. The highest BCUT2D eigenvalue weighted by atomic mass is 16.5. The van der Waals surface area contributed by atoms with Gasteiger partial charge in [-0.3, -0.25) is 4.90 Å². The first kappa shape index (κ1) is 14.4. The third-order valence-electron chi connectivity index (χ3n) is 4.55. The van der Waals surface area contributed by atoms with E-state index in [4.69, 9.17) is 10.5 Å². The van der Waals surface area contributed by atoms with Gasteiger partial charge in [0.05, 0.1) is 12.3 Å². The number of rotatable bonds is 4. The van der Waals surface area contributed by atoms with E-state index < -0.39 is 0 Å². The largest absolute Gasteiger partial charge is 0.476 e. The van der Waals surface area contributed by atoms with Crippen LogP contribution in [-0.4, -0.2) is 48.2 Å². The fourth-order valence-corrected chi connectivity index (χ4v) is 3.42. The van der Waals surface area contributed by atoms with Crippen molar-refractivity contribution in [1.82, 2.24) is 9.88 Å². The molecule has 2 N–H and O–H groups in total. The molecule has 2 fully saturated rings. The molecule has 1 aromatic rings. The Kier molecular flexibility index (Phi) is 4.19. The smallest absolute Gasteiger partial charge is 0.239 e. The molecular weight excluding hydrogens is 264 g/mol. The number of pyridine rings is 1. The van der Waals surface area contributed by atoms with Crippen molar-refractivity contribution in [3.63, 3.8) is 0 Å². The number of fused-ring (bicyclic) bond motifs is 1. The molecule has 2 atom stereocenters. The minimum Gasteiger partial charge on any atom is -0.476 e. The number of nitrogens with zero attached hydrogens (tertiary/aromatic N) is 3. The van der Waals surface area contributed by atoms with Gasteiger partial charge in [-0.2, -0.15) is 4.98 Å². The lowest BCUT2D eigenvalue weighted by Gasteiger charge is -2.43. The van der Waals surface area contributed by atoms with Crippen LogP contribution in [0.3, 0.4) is 0 Å². The first-order valence-corrected chi connectivity index (χ1v) is 8.09. The quantitative estimate of drug-likeness (QED) is 0.920. The standard InChI is InChI=1S/C16H26N4O/c1-3-9-21-16-14(17)6-7-15(18-16)20-11-13-5-4-8-19(13)10-12(20)2/h6-7,12-13H,3-5,8-11,17H2,1-2H3. The Morgan fingerprint density at radius 2 is 2.24 bits per heavy atom. The molecule has 0 radical (unpaired) electrons. The lowest BCUT2D eigenvalue weighted by atomic mass is 10.1. The van der Waals surface area contributed by atoms with Gasteiger partial charge >= 0.3 is 0 Å². The summed E-state index contributed by atoms with van der Waals surface area (Å²) in [7, 11) is 0. The van der Waals surface area contributed by atoms with Gasteiger partial charge in [-0.1, -0.05) is 6.92 Å². The Hall–Kier alpha value is -1.49. The minimum atomic E-state index is 0.481. The summed E-state index contributed by atoms with van der Waals surface area (Å²) in [6, 6.07) is 5.10. The topological polar surface area (TPSA) is 54.6 Å². The van der Waals surface area contributed by atoms with Crippen molar-refractivity contribution < 1.29 is 4.74 Å². The Bertz CT molecular complexity index is 493. The van der Waals surface area contributed by atoms with Crippen molar-refractivity contribution in [1.29, 1.82) is 0 Å². The molecule has 116 valence electrons. The molecule has 3 rings (SSSR count). The SMILES string of the molecule is CCCOc1nc(N2CC3CCCN3CC2C)ccc1N. The molecule has 0 spiro atoms. The van der Waals surface area contributed by atoms with E-state index in [0.29, 0.717) is 30.3 Å². The van der Waals surface area contributed by atoms with Crippen LogP contribution in [0.25, 0.3) is 0 Å². The highest BCUT2D eigenvalue weighted by Gasteiger charge is 2.35. The molecular formula is C16H26N4O. The molecule has 2 aliphatic rings. The Balaban J connectivity index is 1.79. The van der Waals surface area contributed by atoms with E-state index in [1.54, 1.807) is 0 Å². The van der Waals surface area contributed by atoms with E-state index in [9.17, 15) is 0 Å². The molecule has 0 aliphatic carbocycles. The first-order chi connectivity index (χ1) is 10.2. The number of nitrogen functional groups attached to an aromatic ring is 1. The summed E-state index contributed by atoms with van der Waals surface area (Å²) < 4.78 is 5.67. The number of nitrogens with two attached hydrogens (primary N) is 1. The highest BCUT2D eigenvalue weighted by Crippen LogP contribution is 2.30. The van der Waals surface area contributed by atoms with Gasteiger partial charge in [0.1, 0.15) is 5.82 Å². The Morgan fingerprint density at radius 3 is 3.05 bits per heavy atom. The fourth-order valence-electron chi connectivity index (χ4n) is 3.42. The van der Waals surface area contributed by atoms with Gasteiger partial charge in [-0.25, -0.2) is 0 Å². The minimum absolute atomic E-state index is 0.481. The lowest BCUT2D eigenvalue weighted by molar-refractivity contribution is 0.202. The van der Waals surface area contributed by atoms with Crippen LogP contribution in [0, 0.1) is 0 Å². The van der Waals surface area contributed by atoms with Gasteiger partial charge in [-0.15, -0.1) is 0 Å². The van der Waals surface area contributed by atoms with Crippen LogP contribution in [0.4, 0.5) is 11.5 Å². The van der Waals surface area contributed by atoms with Crippen LogP contribution in [0.15, 0.2) is 12.1 Å². The first-order valence-electron chi connectivity index (χ1n) is 8.09. The zero-order valence-electron chi connectivity index (χ0n) is 13.1. The summed E-state index contributed by atoms with van der Waals surface area (Å²) in [5.74, 6) is 1.57. The second kappa shape index (κ2) is 6.10. The van der Waals surface area contributed by atoms with Crippen LogP contribution in [-0.2, 0) is 0 Å². The summed E-state index contributed by atoms with van der Waals surface area (Å²) in [4.78, 5) is 9.68. The maximum Gasteiger partial charge on any atom is 0.239 e. The summed E-state index contributed by atoms with van der Waals surface area (Å²) in [5.41, 5.74) is 6.59. The van der Waals surface area contributed by atoms with E-state index in [1.807, 2.05) is 12.1 Å². The molecule has 3 heterocycles. The maximum absolute atomic E-state index is 5.97. The van der Waals surface area contributed by atoms with Gasteiger partial charge in [0.2, 0.25) is 5.88 Å². The molecule has 2 unspecified atom stereocenters. The van der Waals surface area contributed by atoms with Gasteiger partial charge in [0.15, 0.2) is 0 Å². The molecule has 0 bridgehead atoms. The molecule has 1 aromatic heterocycles. The number of hydrogen-bond acceptors (Lipinski definition) is 5. The maximum atomic E-state index is 5.97. The molecule has 0 saturated carbocycles. The van der Waals surface area contributed by atoms with Crippen molar-refractivity contribution in [3.8, 4) is 5.88 Å². The van der Waals surface area contributed by atoms with Crippen molar-refractivity contribution >= 4 is 11.5 Å². The monoisotopic (exact) mass is 290 g/mol. The van der Waals surface area contributed by atoms with Gasteiger partial charge in [0, 0.05) is 25.2 Å². The molecule has 21 heavy (non-hydrogen) atoms. The molecule has 2 saturated heterocycles. The molecule has 2 aliphatic heterocycles. The van der Waals surface area contributed by atoms with Gasteiger partial charge in [-0.05, 0) is 44.9 Å². The summed E-state index contributed by atoms with van der Waals surface area (Å²) >= 11 is 0. The average molecular weight is 290 g/mol. The van der Waals surface area contributed by atoms with Crippen LogP contribution in [0.1, 0.15) is 33.1 Å². The van der Waals surface area contributed by atoms with Crippen molar-refractivity contribution in [2.24, 2.45) is 0 Å². The van der Waals surface area contributed by atoms with Crippen LogP contribution >= 0.6 is 0 Å². The van der Waals surface area contributed by atoms with E-state index in [1.165, 1.54) is 19.4 Å². The summed E-state index contributed by atoms with van der Waals surface area (Å²) in [5, 5.41) is 0. The van der Waals surface area contributed by atoms with Gasteiger partial charge in [0.25, 0.3) is 0 Å². The van der Waals surface area contributed by atoms with Crippen molar-refractivity contribution in [2.75, 3.05) is 36.9 Å². The molecule has 5 heteroatoms. The number of aromatic nitrogens is 1. The van der Waals surface area contributed by atoms with Crippen LogP contribution in [0.5, 0.6) is 5.88 Å². The fraction of sp³-hybridized carbons (Fsp3) is 0.688. The van der Waals surface area contributed by atoms with E-state index in [-0.39, 0.29) is 0 Å². The third kappa shape index (κ3) is 2.93. The van der Waals surface area contributed by atoms with Crippen molar-refractivity contribution in [2.45, 2.75) is 45.2 Å². The number of ether oxygens (including phenoxy) is 1. The molecule has 5 nitrogen and oxygen atoms in total. The lowest BCUT2D eigenvalue weighted by Crippen LogP contribution is -2.55. The summed E-state index contributed by atoms with van der Waals surface area (Å²) in [6.45, 7) is 8.46. The van der Waals surface area contributed by atoms with Crippen molar-refractivity contribution in [3.05, 3.63) is 12.1 Å². The van der Waals surface area contributed by atoms with E-state index in [2.05, 4.69) is 28.6 Å². The van der Waals surface area contributed by atoms with E-state index in [0.717, 1.165) is 25.3 Å². The number of hydrogen-bond donors (Lipinski definition) is 1. The Morgan fingerprint density at radius 1 is 1.38 bits per heavy atom. The third-order valence-corrected chi connectivity index (χ3v) is 4.55. The van der Waals surface area contributed by atoms with Crippen LogP contribution < -0.4 is 15.4 Å². The number of anilines is 2.